The zero-order valence-corrected chi connectivity index (χ0v) is 10.5. The molecular weight excluding hydrogens is 228 g/mol. The molecule has 16 heavy (non-hydrogen) atoms. The normalized spacial score (nSPS) is 21.8. The highest BCUT2D eigenvalue weighted by atomic mass is 32.2. The number of hydrogen-bond acceptors (Lipinski definition) is 4. The Kier molecular flexibility index (Phi) is 5.21. The van der Waals surface area contributed by atoms with Crippen LogP contribution in [0.15, 0.2) is 0 Å². The molecule has 1 atom stereocenters. The molecule has 1 fully saturated rings. The van der Waals surface area contributed by atoms with Crippen molar-refractivity contribution in [1.29, 1.82) is 0 Å². The van der Waals surface area contributed by atoms with Crippen LogP contribution in [-0.4, -0.2) is 45.0 Å². The molecule has 1 aliphatic rings. The molecule has 1 unspecified atom stereocenters. The van der Waals surface area contributed by atoms with Gasteiger partial charge in [0.1, 0.15) is 0 Å². The molecule has 94 valence electrons. The van der Waals surface area contributed by atoms with Crippen molar-refractivity contribution >= 4 is 15.7 Å². The van der Waals surface area contributed by atoms with Crippen molar-refractivity contribution in [2.45, 2.75) is 32.2 Å². The maximum Gasteiger partial charge on any atom is 0.237 e. The highest BCUT2D eigenvalue weighted by molar-refractivity contribution is 7.91. The van der Waals surface area contributed by atoms with Crippen LogP contribution in [0.2, 0.25) is 0 Å². The fourth-order valence-corrected chi connectivity index (χ4v) is 3.02. The molecule has 1 aliphatic heterocycles. The van der Waals surface area contributed by atoms with E-state index in [2.05, 4.69) is 10.6 Å². The summed E-state index contributed by atoms with van der Waals surface area (Å²) in [5, 5.41) is 5.75. The molecule has 1 amide bonds. The Morgan fingerprint density at radius 3 is 2.81 bits per heavy atom. The van der Waals surface area contributed by atoms with Crippen LogP contribution < -0.4 is 10.6 Å². The summed E-state index contributed by atoms with van der Waals surface area (Å²) in [7, 11) is -2.94. The summed E-state index contributed by atoms with van der Waals surface area (Å²) in [6, 6.07) is -0.217. The first kappa shape index (κ1) is 13.4. The fraction of sp³-hybridized carbons (Fsp3) is 0.900. The van der Waals surface area contributed by atoms with E-state index < -0.39 is 9.84 Å². The molecule has 1 rings (SSSR count). The minimum absolute atomic E-state index is 0.0147. The van der Waals surface area contributed by atoms with Crippen LogP contribution in [0.1, 0.15) is 26.2 Å². The Balaban J connectivity index is 2.27. The van der Waals surface area contributed by atoms with Gasteiger partial charge in [0, 0.05) is 18.8 Å². The predicted octanol–water partition coefficient (Wildman–Crippen LogP) is -0.321. The molecule has 6 heteroatoms. The molecule has 0 radical (unpaired) electrons. The topological polar surface area (TPSA) is 75.3 Å². The van der Waals surface area contributed by atoms with Gasteiger partial charge in [-0.1, -0.05) is 6.92 Å². The average Bonchev–Trinajstić information content (AvgIpc) is 2.20. The van der Waals surface area contributed by atoms with Crippen molar-refractivity contribution in [2.75, 3.05) is 24.6 Å². The number of rotatable bonds is 6. The van der Waals surface area contributed by atoms with Gasteiger partial charge in [0.15, 0.2) is 9.84 Å². The third kappa shape index (κ3) is 4.49. The van der Waals surface area contributed by atoms with Gasteiger partial charge in [0.25, 0.3) is 0 Å². The summed E-state index contributed by atoms with van der Waals surface area (Å²) in [6.45, 7) is 2.94. The van der Waals surface area contributed by atoms with Crippen molar-refractivity contribution in [1.82, 2.24) is 10.6 Å². The first-order valence-corrected chi connectivity index (χ1v) is 7.59. The Morgan fingerprint density at radius 1 is 1.44 bits per heavy atom. The molecule has 0 aromatic heterocycles. The van der Waals surface area contributed by atoms with Gasteiger partial charge in [-0.05, 0) is 19.3 Å². The van der Waals surface area contributed by atoms with E-state index in [1.165, 1.54) is 0 Å². The number of nitrogens with one attached hydrogen (secondary N) is 2. The molecule has 1 heterocycles. The Hall–Kier alpha value is -0.620. The van der Waals surface area contributed by atoms with Gasteiger partial charge >= 0.3 is 0 Å². The molecule has 0 saturated carbocycles. The van der Waals surface area contributed by atoms with E-state index in [0.29, 0.717) is 13.0 Å². The summed E-state index contributed by atoms with van der Waals surface area (Å²) in [5.41, 5.74) is 0. The second kappa shape index (κ2) is 6.20. The standard InChI is InChI=1S/C10H20N2O3S/c1-2-7-16(14,15)8-6-11-9-4-3-5-12-10(9)13/h9,11H,2-8H2,1H3,(H,12,13). The van der Waals surface area contributed by atoms with E-state index in [9.17, 15) is 13.2 Å². The zero-order valence-electron chi connectivity index (χ0n) is 9.66. The zero-order chi connectivity index (χ0) is 12.0. The molecule has 0 aromatic carbocycles. The second-order valence-electron chi connectivity index (χ2n) is 4.09. The third-order valence-electron chi connectivity index (χ3n) is 2.60. The third-order valence-corrected chi connectivity index (χ3v) is 4.46. The van der Waals surface area contributed by atoms with E-state index in [0.717, 1.165) is 19.4 Å². The lowest BCUT2D eigenvalue weighted by Crippen LogP contribution is -2.49. The molecule has 5 nitrogen and oxygen atoms in total. The van der Waals surface area contributed by atoms with Crippen LogP contribution >= 0.6 is 0 Å². The number of piperidine rings is 1. The minimum atomic E-state index is -2.94. The summed E-state index contributed by atoms with van der Waals surface area (Å²) in [4.78, 5) is 11.4. The van der Waals surface area contributed by atoms with Crippen molar-refractivity contribution in [2.24, 2.45) is 0 Å². The summed E-state index contributed by atoms with van der Waals surface area (Å²) in [6.07, 6.45) is 2.39. The highest BCUT2D eigenvalue weighted by Gasteiger charge is 2.21. The summed E-state index contributed by atoms with van der Waals surface area (Å²) >= 11 is 0. The molecular formula is C10H20N2O3S. The maximum atomic E-state index is 11.4. The van der Waals surface area contributed by atoms with Crippen molar-refractivity contribution in [3.05, 3.63) is 0 Å². The summed E-state index contributed by atoms with van der Waals surface area (Å²) < 4.78 is 22.8. The van der Waals surface area contributed by atoms with Crippen molar-refractivity contribution < 1.29 is 13.2 Å². The first-order valence-electron chi connectivity index (χ1n) is 5.76. The lowest BCUT2D eigenvalue weighted by molar-refractivity contribution is -0.124. The van der Waals surface area contributed by atoms with Gasteiger partial charge in [-0.3, -0.25) is 4.79 Å². The largest absolute Gasteiger partial charge is 0.355 e. The number of carbonyl (C=O) groups excluding carboxylic acids is 1. The van der Waals surface area contributed by atoms with Crippen LogP contribution in [0.25, 0.3) is 0 Å². The molecule has 2 N–H and O–H groups in total. The molecule has 0 bridgehead atoms. The lowest BCUT2D eigenvalue weighted by Gasteiger charge is -2.22. The first-order chi connectivity index (χ1) is 7.55. The van der Waals surface area contributed by atoms with E-state index in [-0.39, 0.29) is 23.5 Å². The predicted molar refractivity (Wildman–Crippen MR) is 63.0 cm³/mol. The monoisotopic (exact) mass is 248 g/mol. The SMILES string of the molecule is CCCS(=O)(=O)CCNC1CCCNC1=O. The van der Waals surface area contributed by atoms with E-state index in [1.807, 2.05) is 6.92 Å². The van der Waals surface area contributed by atoms with Gasteiger partial charge in [-0.15, -0.1) is 0 Å². The molecule has 0 spiro atoms. The number of sulfone groups is 1. The van der Waals surface area contributed by atoms with Crippen LogP contribution in [0, 0.1) is 0 Å². The van der Waals surface area contributed by atoms with E-state index in [1.54, 1.807) is 0 Å². The van der Waals surface area contributed by atoms with Gasteiger partial charge in [0.2, 0.25) is 5.91 Å². The molecule has 1 saturated heterocycles. The number of amides is 1. The Bertz CT molecular complexity index is 327. The summed E-state index contributed by atoms with van der Waals surface area (Å²) in [5.74, 6) is 0.329. The lowest BCUT2D eigenvalue weighted by atomic mass is 10.1. The van der Waals surface area contributed by atoms with E-state index >= 15 is 0 Å². The van der Waals surface area contributed by atoms with E-state index in [4.69, 9.17) is 0 Å². The quantitative estimate of drug-likeness (QED) is 0.675. The minimum Gasteiger partial charge on any atom is -0.355 e. The maximum absolute atomic E-state index is 11.4. The van der Waals surface area contributed by atoms with Crippen LogP contribution in [-0.2, 0) is 14.6 Å². The van der Waals surface area contributed by atoms with Gasteiger partial charge < -0.3 is 10.6 Å². The Morgan fingerprint density at radius 2 is 2.19 bits per heavy atom. The highest BCUT2D eigenvalue weighted by Crippen LogP contribution is 2.02. The van der Waals surface area contributed by atoms with Crippen LogP contribution in [0.5, 0.6) is 0 Å². The number of hydrogen-bond donors (Lipinski definition) is 2. The molecule has 0 aromatic rings. The Labute approximate surface area is 96.9 Å². The van der Waals surface area contributed by atoms with Crippen LogP contribution in [0.4, 0.5) is 0 Å². The van der Waals surface area contributed by atoms with Gasteiger partial charge in [0.05, 0.1) is 11.8 Å². The van der Waals surface area contributed by atoms with Crippen molar-refractivity contribution in [3.8, 4) is 0 Å². The van der Waals surface area contributed by atoms with Crippen molar-refractivity contribution in [3.63, 3.8) is 0 Å². The fourth-order valence-electron chi connectivity index (χ4n) is 1.77. The average molecular weight is 248 g/mol. The van der Waals surface area contributed by atoms with Gasteiger partial charge in [-0.2, -0.15) is 0 Å². The smallest absolute Gasteiger partial charge is 0.237 e. The van der Waals surface area contributed by atoms with Crippen LogP contribution in [0.3, 0.4) is 0 Å². The molecule has 0 aliphatic carbocycles. The van der Waals surface area contributed by atoms with Gasteiger partial charge in [-0.25, -0.2) is 8.42 Å². The second-order valence-corrected chi connectivity index (χ2v) is 6.40. The number of carbonyl (C=O) groups is 1.